The monoisotopic (exact) mass is 662 g/mol. The Balaban J connectivity index is 1.59. The molecule has 0 fully saturated rings. The van der Waals surface area contributed by atoms with Crippen LogP contribution in [0.25, 0.3) is 11.3 Å². The lowest BCUT2D eigenvalue weighted by molar-refractivity contribution is 1.19. The Morgan fingerprint density at radius 2 is 0.843 bits per heavy atom. The molecule has 3 heterocycles. The molecule has 0 unspecified atom stereocenters. The molecule has 0 N–H and O–H groups in total. The van der Waals surface area contributed by atoms with Crippen LogP contribution in [0.1, 0.15) is 66.8 Å². The third-order valence-corrected chi connectivity index (χ3v) is 13.1. The summed E-state index contributed by atoms with van der Waals surface area (Å²) in [5.41, 5.74) is 31.1. The Morgan fingerprint density at radius 3 is 1.24 bits per heavy atom. The van der Waals surface area contributed by atoms with Crippen molar-refractivity contribution in [1.82, 2.24) is 4.98 Å². The van der Waals surface area contributed by atoms with E-state index in [1.54, 1.807) is 0 Å². The third-order valence-electron chi connectivity index (χ3n) is 13.1. The molecule has 6 aromatic rings. The van der Waals surface area contributed by atoms with Crippen molar-refractivity contribution in [3.8, 4) is 11.3 Å². The quantitative estimate of drug-likeness (QED) is 0.182. The molecule has 2 nitrogen and oxygen atoms in total. The molecule has 0 bridgehead atoms. The van der Waals surface area contributed by atoms with Gasteiger partial charge in [0.25, 0.3) is 0 Å². The molecule has 2 aliphatic heterocycles. The van der Waals surface area contributed by atoms with Crippen LogP contribution < -0.4 is 37.7 Å². The molecule has 0 amide bonds. The Morgan fingerprint density at radius 1 is 0.431 bits per heavy atom. The molecule has 0 saturated heterocycles. The zero-order valence-electron chi connectivity index (χ0n) is 32.5. The van der Waals surface area contributed by atoms with Gasteiger partial charge in [0, 0.05) is 23.3 Å². The standard InChI is InChI=1S/C47H48B2N2/c1-25-16-18-43-38(21-25)48(45-33(9)29(5)27(3)30(6)34(45)10)40-23-37(42-15-13-14-20-50-42)24-41-47(40)51(43)44-19-17-26(2)22-39(44)49(41)46-35(11)31(7)28(4)32(8)36(46)12/h13-24H,1-12H3. The minimum atomic E-state index is 0.0721. The highest BCUT2D eigenvalue weighted by molar-refractivity contribution is 7.02. The number of rotatable bonds is 3. The van der Waals surface area contributed by atoms with Gasteiger partial charge in [-0.25, -0.2) is 0 Å². The molecule has 4 heteroatoms. The van der Waals surface area contributed by atoms with Crippen LogP contribution >= 0.6 is 0 Å². The number of aryl methyl sites for hydroxylation is 2. The Bertz CT molecular complexity index is 2250. The lowest BCUT2D eigenvalue weighted by atomic mass is 9.29. The van der Waals surface area contributed by atoms with Crippen LogP contribution in [0.4, 0.5) is 17.1 Å². The zero-order valence-corrected chi connectivity index (χ0v) is 32.5. The smallest absolute Gasteiger partial charge is 0.247 e. The fourth-order valence-corrected chi connectivity index (χ4v) is 9.53. The van der Waals surface area contributed by atoms with E-state index in [1.807, 2.05) is 12.3 Å². The molecule has 2 aliphatic rings. The van der Waals surface area contributed by atoms with Gasteiger partial charge in [0.05, 0.1) is 5.69 Å². The molecule has 252 valence electrons. The predicted octanol–water partition coefficient (Wildman–Crippen LogP) is 7.58. The number of pyridine rings is 1. The lowest BCUT2D eigenvalue weighted by Crippen LogP contribution is -2.66. The zero-order chi connectivity index (χ0) is 36.2. The average Bonchev–Trinajstić information content (AvgIpc) is 3.13. The topological polar surface area (TPSA) is 16.1 Å². The summed E-state index contributed by atoms with van der Waals surface area (Å²) in [5, 5.41) is 0. The van der Waals surface area contributed by atoms with E-state index >= 15 is 0 Å². The summed E-state index contributed by atoms with van der Waals surface area (Å²) in [5.74, 6) is 0. The van der Waals surface area contributed by atoms with Gasteiger partial charge < -0.3 is 4.90 Å². The van der Waals surface area contributed by atoms with Crippen molar-refractivity contribution in [2.75, 3.05) is 4.90 Å². The predicted molar refractivity (Wildman–Crippen MR) is 223 cm³/mol. The van der Waals surface area contributed by atoms with Crippen LogP contribution in [0, 0.1) is 83.1 Å². The van der Waals surface area contributed by atoms with E-state index in [1.165, 1.54) is 122 Å². The maximum atomic E-state index is 4.96. The van der Waals surface area contributed by atoms with E-state index < -0.39 is 0 Å². The number of hydrogen-bond donors (Lipinski definition) is 0. The first-order chi connectivity index (χ1) is 24.3. The Labute approximate surface area is 306 Å². The van der Waals surface area contributed by atoms with Crippen LogP contribution in [0.2, 0.25) is 0 Å². The largest absolute Gasteiger partial charge is 0.313 e. The van der Waals surface area contributed by atoms with E-state index in [0.717, 1.165) is 5.69 Å². The summed E-state index contributed by atoms with van der Waals surface area (Å²) in [6.07, 6.45) is 1.93. The molecule has 51 heavy (non-hydrogen) atoms. The highest BCUT2D eigenvalue weighted by Crippen LogP contribution is 2.40. The second-order valence-corrected chi connectivity index (χ2v) is 15.6. The molecule has 0 saturated carbocycles. The van der Waals surface area contributed by atoms with Gasteiger partial charge in [-0.05, 0) is 168 Å². The minimum absolute atomic E-state index is 0.0721. The van der Waals surface area contributed by atoms with Crippen molar-refractivity contribution >= 4 is 63.3 Å². The van der Waals surface area contributed by atoms with Crippen LogP contribution in [-0.2, 0) is 0 Å². The minimum Gasteiger partial charge on any atom is -0.313 e. The molecule has 8 rings (SSSR count). The summed E-state index contributed by atoms with van der Waals surface area (Å²) >= 11 is 0. The molecule has 0 aliphatic carbocycles. The van der Waals surface area contributed by atoms with Gasteiger partial charge in [0.2, 0.25) is 13.4 Å². The van der Waals surface area contributed by atoms with E-state index in [2.05, 4.69) is 149 Å². The highest BCUT2D eigenvalue weighted by atomic mass is 15.2. The SMILES string of the molecule is Cc1ccc2c(c1)B(c1c(C)c(C)c(C)c(C)c1C)c1cc(-c3ccccn3)cc3c1N2c1ccc(C)cc1B3c1c(C)c(C)c(C)c(C)c1C. The van der Waals surface area contributed by atoms with E-state index in [-0.39, 0.29) is 13.4 Å². The van der Waals surface area contributed by atoms with Crippen molar-refractivity contribution in [2.24, 2.45) is 0 Å². The molecule has 0 radical (unpaired) electrons. The van der Waals surface area contributed by atoms with Gasteiger partial charge in [0.1, 0.15) is 0 Å². The second kappa shape index (κ2) is 11.9. The molecule has 1 aromatic heterocycles. The summed E-state index contributed by atoms with van der Waals surface area (Å²) in [7, 11) is 0. The van der Waals surface area contributed by atoms with Gasteiger partial charge in [-0.3, -0.25) is 4.98 Å². The summed E-state index contributed by atoms with van der Waals surface area (Å²) < 4.78 is 0. The first-order valence-electron chi connectivity index (χ1n) is 18.6. The third kappa shape index (κ3) is 4.75. The first kappa shape index (κ1) is 33.3. The summed E-state index contributed by atoms with van der Waals surface area (Å²) in [6, 6.07) is 25.6. The van der Waals surface area contributed by atoms with Crippen LogP contribution in [0.5, 0.6) is 0 Å². The van der Waals surface area contributed by atoms with Crippen molar-refractivity contribution in [3.63, 3.8) is 0 Å². The molecule has 0 atom stereocenters. The molecular formula is C47H48B2N2. The molecule has 0 spiro atoms. The molecule has 5 aromatic carbocycles. The number of anilines is 3. The normalized spacial score (nSPS) is 13.0. The summed E-state index contributed by atoms with van der Waals surface area (Å²) in [4.78, 5) is 7.57. The van der Waals surface area contributed by atoms with Gasteiger partial charge in [-0.1, -0.05) is 86.8 Å². The van der Waals surface area contributed by atoms with Gasteiger partial charge >= 0.3 is 0 Å². The second-order valence-electron chi connectivity index (χ2n) is 15.6. The number of hydrogen-bond acceptors (Lipinski definition) is 2. The van der Waals surface area contributed by atoms with E-state index in [9.17, 15) is 0 Å². The van der Waals surface area contributed by atoms with Crippen molar-refractivity contribution in [1.29, 1.82) is 0 Å². The Kier molecular flexibility index (Phi) is 7.76. The van der Waals surface area contributed by atoms with Gasteiger partial charge in [-0.15, -0.1) is 0 Å². The fraction of sp³-hybridized carbons (Fsp3) is 0.255. The van der Waals surface area contributed by atoms with E-state index in [4.69, 9.17) is 4.98 Å². The van der Waals surface area contributed by atoms with E-state index in [0.29, 0.717) is 0 Å². The number of fused-ring (bicyclic) bond motifs is 4. The van der Waals surface area contributed by atoms with Crippen molar-refractivity contribution in [2.45, 2.75) is 83.1 Å². The molecular weight excluding hydrogens is 614 g/mol. The van der Waals surface area contributed by atoms with Crippen LogP contribution in [0.3, 0.4) is 0 Å². The lowest BCUT2D eigenvalue weighted by Gasteiger charge is -2.45. The van der Waals surface area contributed by atoms with Crippen molar-refractivity contribution in [3.05, 3.63) is 140 Å². The highest BCUT2D eigenvalue weighted by Gasteiger charge is 2.45. The van der Waals surface area contributed by atoms with Crippen molar-refractivity contribution < 1.29 is 0 Å². The van der Waals surface area contributed by atoms with Crippen LogP contribution in [-0.4, -0.2) is 18.4 Å². The van der Waals surface area contributed by atoms with Gasteiger partial charge in [-0.2, -0.15) is 0 Å². The van der Waals surface area contributed by atoms with Crippen LogP contribution in [0.15, 0.2) is 72.9 Å². The maximum Gasteiger partial charge on any atom is 0.247 e. The maximum absolute atomic E-state index is 4.96. The number of benzene rings is 5. The Hall–Kier alpha value is -4.82. The number of aromatic nitrogens is 1. The fourth-order valence-electron chi connectivity index (χ4n) is 9.53. The first-order valence-corrected chi connectivity index (χ1v) is 18.6. The summed E-state index contributed by atoms with van der Waals surface area (Å²) in [6.45, 7) is 27.9. The van der Waals surface area contributed by atoms with Gasteiger partial charge in [0.15, 0.2) is 0 Å². The average molecular weight is 663 g/mol. The number of nitrogens with zero attached hydrogens (tertiary/aromatic N) is 2.